The predicted molar refractivity (Wildman–Crippen MR) is 105 cm³/mol. The average molecular weight is 414 g/mol. The van der Waals surface area contributed by atoms with Gasteiger partial charge in [0.15, 0.2) is 0 Å². The summed E-state index contributed by atoms with van der Waals surface area (Å²) in [4.78, 5) is 0. The summed E-state index contributed by atoms with van der Waals surface area (Å²) in [6, 6.07) is 17.5. The molecule has 0 spiro atoms. The van der Waals surface area contributed by atoms with Crippen molar-refractivity contribution < 1.29 is 17.1 Å². The molecule has 4 rings (SSSR count). The molecule has 2 aliphatic rings. The van der Waals surface area contributed by atoms with Gasteiger partial charge in [0.2, 0.25) is 0 Å². The molecule has 0 aliphatic heterocycles. The third-order valence-corrected chi connectivity index (χ3v) is 28.2. The number of allylic oxidation sites excluding steroid dienone is 2. The van der Waals surface area contributed by atoms with E-state index in [9.17, 15) is 0 Å². The fraction of sp³-hybridized carbons (Fsp3) is 0.227. The Hall–Kier alpha value is -1.04. The van der Waals surface area contributed by atoms with Crippen molar-refractivity contribution in [2.24, 2.45) is 0 Å². The molecule has 24 heavy (non-hydrogen) atoms. The Balaban J connectivity index is 1.96. The van der Waals surface area contributed by atoms with Gasteiger partial charge in [-0.15, -0.1) is 0 Å². The first-order valence-corrected chi connectivity index (χ1v) is 18.0. The second-order valence-electron chi connectivity index (χ2n) is 7.15. The van der Waals surface area contributed by atoms with E-state index >= 15 is 0 Å². The van der Waals surface area contributed by atoms with E-state index in [1.165, 1.54) is 22.3 Å². The number of rotatable bonds is 3. The van der Waals surface area contributed by atoms with E-state index in [2.05, 4.69) is 90.4 Å². The summed E-state index contributed by atoms with van der Waals surface area (Å²) < 4.78 is 4.28. The van der Waals surface area contributed by atoms with Crippen LogP contribution in [0, 0.1) is 0 Å². The molecule has 0 heterocycles. The van der Waals surface area contributed by atoms with Crippen LogP contribution in [0.3, 0.4) is 0 Å². The van der Waals surface area contributed by atoms with Crippen molar-refractivity contribution in [3.05, 3.63) is 82.9 Å². The number of fused-ring (bicyclic) bond motifs is 2. The van der Waals surface area contributed by atoms with Gasteiger partial charge in [-0.2, -0.15) is 0 Å². The minimum atomic E-state index is -3.82. The van der Waals surface area contributed by atoms with Crippen molar-refractivity contribution in [3.63, 3.8) is 0 Å². The molecule has 0 bridgehead atoms. The van der Waals surface area contributed by atoms with Crippen LogP contribution in [0.1, 0.15) is 43.4 Å². The Morgan fingerprint density at radius 2 is 1.33 bits per heavy atom. The standard InChI is InChI=1S/2C9H7.C2H5.C2H4.ClH.Zr/c2*1-2-5-9-7-3-6-8(9)4-1;2*1-2;;/h2*1-7H;1H2,2H3;1H,2H3;1H;/q;;;;;+1/p-1. The van der Waals surface area contributed by atoms with Crippen molar-refractivity contribution in [3.8, 4) is 0 Å². The first kappa shape index (κ1) is 16.4. The van der Waals surface area contributed by atoms with Crippen LogP contribution in [-0.2, 0) is 17.1 Å². The van der Waals surface area contributed by atoms with Gasteiger partial charge in [0.25, 0.3) is 0 Å². The summed E-state index contributed by atoms with van der Waals surface area (Å²) in [6.45, 7) is 4.52. The second-order valence-corrected chi connectivity index (χ2v) is 26.6. The Kier molecular flexibility index (Phi) is 3.94. The van der Waals surface area contributed by atoms with E-state index in [1.807, 2.05) is 0 Å². The van der Waals surface area contributed by atoms with Crippen LogP contribution in [0.5, 0.6) is 0 Å². The second kappa shape index (κ2) is 5.75. The van der Waals surface area contributed by atoms with Crippen molar-refractivity contribution in [1.29, 1.82) is 0 Å². The Morgan fingerprint density at radius 1 is 0.875 bits per heavy atom. The molecular weight excluding hydrogens is 391 g/mol. The molecular formula is C22H23ClZr. The maximum atomic E-state index is 7.89. The van der Waals surface area contributed by atoms with Gasteiger partial charge < -0.3 is 0 Å². The van der Waals surface area contributed by atoms with Crippen LogP contribution in [0.25, 0.3) is 12.2 Å². The first-order chi connectivity index (χ1) is 11.6. The number of benzene rings is 2. The molecule has 0 amide bonds. The molecule has 0 nitrogen and oxygen atoms in total. The third kappa shape index (κ3) is 2.11. The average Bonchev–Trinajstić information content (AvgIpc) is 3.26. The molecule has 0 saturated carbocycles. The molecule has 2 aromatic carbocycles. The molecule has 0 N–H and O–H groups in total. The molecule has 0 radical (unpaired) electrons. The van der Waals surface area contributed by atoms with Gasteiger partial charge in [0, 0.05) is 0 Å². The van der Waals surface area contributed by atoms with Crippen molar-refractivity contribution in [2.75, 3.05) is 0 Å². The molecule has 0 fully saturated rings. The van der Waals surface area contributed by atoms with Crippen LogP contribution in [0.2, 0.25) is 4.13 Å². The van der Waals surface area contributed by atoms with E-state index < -0.39 is 17.1 Å². The summed E-state index contributed by atoms with van der Waals surface area (Å²) in [5.74, 6) is 0. The van der Waals surface area contributed by atoms with E-state index in [0.29, 0.717) is 7.25 Å². The summed E-state index contributed by atoms with van der Waals surface area (Å²) >= 11 is -3.82. The third-order valence-electron chi connectivity index (χ3n) is 6.38. The SMILES string of the molecule is C[CH]=[Zr]([Cl])([CH2]C)([CH]1C=Cc2ccccc21)[CH]1C=Cc2ccccc21. The van der Waals surface area contributed by atoms with Crippen LogP contribution >= 0.6 is 8.51 Å². The fourth-order valence-corrected chi connectivity index (χ4v) is 20.3. The van der Waals surface area contributed by atoms with Gasteiger partial charge in [0.05, 0.1) is 0 Å². The maximum absolute atomic E-state index is 7.89. The molecule has 0 aromatic heterocycles. The Bertz CT molecular complexity index is 867. The first-order valence-electron chi connectivity index (χ1n) is 8.84. The minimum absolute atomic E-state index is 0.375. The van der Waals surface area contributed by atoms with Gasteiger partial charge >= 0.3 is 150 Å². The van der Waals surface area contributed by atoms with Gasteiger partial charge in [-0.05, 0) is 0 Å². The van der Waals surface area contributed by atoms with Crippen LogP contribution < -0.4 is 0 Å². The fourth-order valence-electron chi connectivity index (χ4n) is 4.82. The van der Waals surface area contributed by atoms with Crippen LogP contribution in [0.4, 0.5) is 0 Å². The number of hydrogen-bond acceptors (Lipinski definition) is 0. The molecule has 0 saturated heterocycles. The van der Waals surface area contributed by atoms with Gasteiger partial charge in [-0.1, -0.05) is 0 Å². The van der Waals surface area contributed by atoms with Crippen LogP contribution in [0.15, 0.2) is 60.7 Å². The van der Waals surface area contributed by atoms with Gasteiger partial charge in [-0.25, -0.2) is 0 Å². The van der Waals surface area contributed by atoms with E-state index in [1.54, 1.807) is 0 Å². The molecule has 2 atom stereocenters. The summed E-state index contributed by atoms with van der Waals surface area (Å²) in [5.41, 5.74) is 5.54. The topological polar surface area (TPSA) is 0 Å². The molecule has 2 aromatic rings. The van der Waals surface area contributed by atoms with E-state index in [4.69, 9.17) is 8.51 Å². The van der Waals surface area contributed by atoms with E-state index in [-0.39, 0.29) is 0 Å². The van der Waals surface area contributed by atoms with Crippen molar-refractivity contribution in [1.82, 2.24) is 0 Å². The summed E-state index contributed by atoms with van der Waals surface area (Å²) in [5, 5.41) is 0. The van der Waals surface area contributed by atoms with Crippen LogP contribution in [-0.4, -0.2) is 3.71 Å². The molecule has 2 heteroatoms. The summed E-state index contributed by atoms with van der Waals surface area (Å²) in [7, 11) is 7.89. The zero-order valence-corrected chi connectivity index (χ0v) is 17.5. The van der Waals surface area contributed by atoms with E-state index in [0.717, 1.165) is 4.13 Å². The zero-order chi connectivity index (χ0) is 16.8. The van der Waals surface area contributed by atoms with Crippen molar-refractivity contribution >= 4 is 24.4 Å². The number of hydrogen-bond donors (Lipinski definition) is 0. The predicted octanol–water partition coefficient (Wildman–Crippen LogP) is 6.63. The quantitative estimate of drug-likeness (QED) is 0.529. The Labute approximate surface area is 149 Å². The number of halogens is 1. The molecule has 2 aliphatic carbocycles. The zero-order valence-electron chi connectivity index (χ0n) is 14.2. The Morgan fingerprint density at radius 3 is 1.75 bits per heavy atom. The normalized spacial score (nSPS) is 21.7. The van der Waals surface area contributed by atoms with Crippen molar-refractivity contribution in [2.45, 2.75) is 25.2 Å². The molecule has 122 valence electrons. The monoisotopic (exact) mass is 412 g/mol. The molecule has 2 unspecified atom stereocenters. The summed E-state index contributed by atoms with van der Waals surface area (Å²) in [6.07, 6.45) is 9.33. The van der Waals surface area contributed by atoms with Gasteiger partial charge in [-0.3, -0.25) is 0 Å². The van der Waals surface area contributed by atoms with Gasteiger partial charge in [0.1, 0.15) is 0 Å².